The first-order valence-corrected chi connectivity index (χ1v) is 7.42. The molecular weight excluding hydrogens is 280 g/mol. The van der Waals surface area contributed by atoms with Gasteiger partial charge in [0, 0.05) is 12.7 Å². The van der Waals surface area contributed by atoms with Gasteiger partial charge in [-0.15, -0.1) is 0 Å². The third-order valence-corrected chi connectivity index (χ3v) is 3.22. The molecule has 1 aromatic heterocycles. The van der Waals surface area contributed by atoms with E-state index in [9.17, 15) is 4.79 Å². The second-order valence-electron chi connectivity index (χ2n) is 5.02. The molecule has 118 valence electrons. The summed E-state index contributed by atoms with van der Waals surface area (Å²) < 4.78 is 12.7. The fourth-order valence-electron chi connectivity index (χ4n) is 2.01. The highest BCUT2D eigenvalue weighted by Gasteiger charge is 2.04. The molecule has 1 heterocycles. The second kappa shape index (κ2) is 8.24. The molecule has 0 fully saturated rings. The van der Waals surface area contributed by atoms with Crippen LogP contribution >= 0.6 is 0 Å². The number of hydrogen-bond acceptors (Lipinski definition) is 4. The molecule has 5 heteroatoms. The SMILES string of the molecule is Cc1ccc(OCCOc2cccn(CCCN)c2=O)cc1. The molecule has 2 aromatic rings. The number of pyridine rings is 1. The Hall–Kier alpha value is -2.27. The van der Waals surface area contributed by atoms with Crippen LogP contribution < -0.4 is 20.8 Å². The van der Waals surface area contributed by atoms with Gasteiger partial charge in [0.15, 0.2) is 5.75 Å². The van der Waals surface area contributed by atoms with E-state index in [2.05, 4.69) is 0 Å². The van der Waals surface area contributed by atoms with E-state index >= 15 is 0 Å². The molecule has 2 rings (SSSR count). The minimum atomic E-state index is -0.133. The van der Waals surface area contributed by atoms with Gasteiger partial charge in [-0.1, -0.05) is 17.7 Å². The lowest BCUT2D eigenvalue weighted by molar-refractivity contribution is 0.214. The summed E-state index contributed by atoms with van der Waals surface area (Å²) in [5, 5.41) is 0. The van der Waals surface area contributed by atoms with Crippen molar-refractivity contribution in [2.75, 3.05) is 19.8 Å². The van der Waals surface area contributed by atoms with Crippen molar-refractivity contribution in [2.45, 2.75) is 19.9 Å². The third kappa shape index (κ3) is 4.63. The monoisotopic (exact) mass is 302 g/mol. The second-order valence-corrected chi connectivity index (χ2v) is 5.02. The highest BCUT2D eigenvalue weighted by atomic mass is 16.5. The van der Waals surface area contributed by atoms with Gasteiger partial charge in [-0.05, 0) is 44.2 Å². The predicted octanol–water partition coefficient (Wildman–Crippen LogP) is 1.96. The van der Waals surface area contributed by atoms with E-state index in [0.29, 0.717) is 32.1 Å². The Morgan fingerprint density at radius 1 is 1.09 bits per heavy atom. The quantitative estimate of drug-likeness (QED) is 0.757. The number of nitrogens with zero attached hydrogens (tertiary/aromatic N) is 1. The molecule has 0 radical (unpaired) electrons. The zero-order valence-corrected chi connectivity index (χ0v) is 12.8. The number of aromatic nitrogens is 1. The fourth-order valence-corrected chi connectivity index (χ4v) is 2.01. The van der Waals surface area contributed by atoms with Gasteiger partial charge < -0.3 is 19.8 Å². The van der Waals surface area contributed by atoms with Gasteiger partial charge >= 0.3 is 0 Å². The van der Waals surface area contributed by atoms with Crippen LogP contribution in [0.2, 0.25) is 0 Å². The van der Waals surface area contributed by atoms with Crippen molar-refractivity contribution in [1.82, 2.24) is 4.57 Å². The molecule has 0 aliphatic carbocycles. The minimum absolute atomic E-state index is 0.133. The lowest BCUT2D eigenvalue weighted by Gasteiger charge is -2.10. The highest BCUT2D eigenvalue weighted by Crippen LogP contribution is 2.11. The first-order valence-electron chi connectivity index (χ1n) is 7.42. The fraction of sp³-hybridized carbons (Fsp3) is 0.353. The van der Waals surface area contributed by atoms with Crippen molar-refractivity contribution in [3.05, 3.63) is 58.5 Å². The van der Waals surface area contributed by atoms with Crippen LogP contribution in [-0.4, -0.2) is 24.3 Å². The normalized spacial score (nSPS) is 10.5. The van der Waals surface area contributed by atoms with Crippen molar-refractivity contribution in [3.8, 4) is 11.5 Å². The van der Waals surface area contributed by atoms with Crippen LogP contribution in [0.15, 0.2) is 47.4 Å². The first-order chi connectivity index (χ1) is 10.7. The largest absolute Gasteiger partial charge is 0.490 e. The van der Waals surface area contributed by atoms with E-state index in [4.69, 9.17) is 15.2 Å². The van der Waals surface area contributed by atoms with Gasteiger partial charge in [0.2, 0.25) is 0 Å². The van der Waals surface area contributed by atoms with Crippen molar-refractivity contribution in [2.24, 2.45) is 5.73 Å². The highest BCUT2D eigenvalue weighted by molar-refractivity contribution is 5.26. The number of rotatable bonds is 8. The summed E-state index contributed by atoms with van der Waals surface area (Å²) in [6, 6.07) is 11.3. The van der Waals surface area contributed by atoms with Crippen LogP contribution in [0.25, 0.3) is 0 Å². The molecule has 0 unspecified atom stereocenters. The average molecular weight is 302 g/mol. The summed E-state index contributed by atoms with van der Waals surface area (Å²) in [6.07, 6.45) is 2.51. The van der Waals surface area contributed by atoms with E-state index in [-0.39, 0.29) is 5.56 Å². The van der Waals surface area contributed by atoms with Gasteiger partial charge in [-0.2, -0.15) is 0 Å². The topological polar surface area (TPSA) is 66.5 Å². The number of nitrogens with two attached hydrogens (primary N) is 1. The van der Waals surface area contributed by atoms with E-state index < -0.39 is 0 Å². The Bertz CT molecular complexity index is 635. The molecule has 0 atom stereocenters. The van der Waals surface area contributed by atoms with E-state index in [1.165, 1.54) is 5.56 Å². The van der Waals surface area contributed by atoms with Gasteiger partial charge in [-0.3, -0.25) is 4.79 Å². The number of ether oxygens (including phenoxy) is 2. The van der Waals surface area contributed by atoms with Crippen molar-refractivity contribution >= 4 is 0 Å². The number of aryl methyl sites for hydroxylation is 2. The lowest BCUT2D eigenvalue weighted by atomic mass is 10.2. The van der Waals surface area contributed by atoms with Crippen molar-refractivity contribution < 1.29 is 9.47 Å². The Balaban J connectivity index is 1.84. The molecule has 0 saturated carbocycles. The van der Waals surface area contributed by atoms with Crippen LogP contribution in [-0.2, 0) is 6.54 Å². The van der Waals surface area contributed by atoms with Gasteiger partial charge in [-0.25, -0.2) is 0 Å². The van der Waals surface area contributed by atoms with Crippen molar-refractivity contribution in [3.63, 3.8) is 0 Å². The summed E-state index contributed by atoms with van der Waals surface area (Å²) in [7, 11) is 0. The Morgan fingerprint density at radius 2 is 1.82 bits per heavy atom. The maximum absolute atomic E-state index is 12.1. The van der Waals surface area contributed by atoms with E-state index in [0.717, 1.165) is 12.2 Å². The molecule has 22 heavy (non-hydrogen) atoms. The molecule has 2 N–H and O–H groups in total. The number of benzene rings is 1. The molecule has 5 nitrogen and oxygen atoms in total. The van der Waals surface area contributed by atoms with Gasteiger partial charge in [0.1, 0.15) is 19.0 Å². The van der Waals surface area contributed by atoms with E-state index in [1.807, 2.05) is 31.2 Å². The van der Waals surface area contributed by atoms with Crippen LogP contribution in [0, 0.1) is 6.92 Å². The van der Waals surface area contributed by atoms with Crippen LogP contribution in [0.5, 0.6) is 11.5 Å². The predicted molar refractivity (Wildman–Crippen MR) is 86.5 cm³/mol. The summed E-state index contributed by atoms with van der Waals surface area (Å²) in [4.78, 5) is 12.1. The molecule has 0 aliphatic rings. The molecule has 0 bridgehead atoms. The molecule has 0 saturated heterocycles. The molecule has 0 amide bonds. The third-order valence-electron chi connectivity index (χ3n) is 3.22. The summed E-state index contributed by atoms with van der Waals surface area (Å²) in [6.45, 7) is 3.90. The van der Waals surface area contributed by atoms with E-state index in [1.54, 1.807) is 22.9 Å². The minimum Gasteiger partial charge on any atom is -0.490 e. The van der Waals surface area contributed by atoms with Crippen LogP contribution in [0.4, 0.5) is 0 Å². The molecular formula is C17H22N2O3. The standard InChI is InChI=1S/C17H22N2O3/c1-14-5-7-15(8-6-14)21-12-13-22-16-4-2-10-19(17(16)20)11-3-9-18/h2,4-8,10H,3,9,11-13,18H2,1H3. The Labute approximate surface area is 130 Å². The zero-order valence-electron chi connectivity index (χ0n) is 12.8. The summed E-state index contributed by atoms with van der Waals surface area (Å²) >= 11 is 0. The average Bonchev–Trinajstić information content (AvgIpc) is 2.53. The number of hydrogen-bond donors (Lipinski definition) is 1. The maximum Gasteiger partial charge on any atom is 0.292 e. The molecule has 0 spiro atoms. The van der Waals surface area contributed by atoms with Crippen LogP contribution in [0.3, 0.4) is 0 Å². The maximum atomic E-state index is 12.1. The van der Waals surface area contributed by atoms with Crippen LogP contribution in [0.1, 0.15) is 12.0 Å². The van der Waals surface area contributed by atoms with Crippen molar-refractivity contribution in [1.29, 1.82) is 0 Å². The lowest BCUT2D eigenvalue weighted by Crippen LogP contribution is -2.23. The first kappa shape index (κ1) is 16.1. The Morgan fingerprint density at radius 3 is 2.55 bits per heavy atom. The molecule has 1 aromatic carbocycles. The summed E-state index contributed by atoms with van der Waals surface area (Å²) in [5.74, 6) is 1.13. The molecule has 0 aliphatic heterocycles. The van der Waals surface area contributed by atoms with Gasteiger partial charge in [0.25, 0.3) is 5.56 Å². The smallest absolute Gasteiger partial charge is 0.292 e. The summed E-state index contributed by atoms with van der Waals surface area (Å²) in [5.41, 5.74) is 6.52. The zero-order chi connectivity index (χ0) is 15.8. The van der Waals surface area contributed by atoms with Gasteiger partial charge in [0.05, 0.1) is 0 Å². The Kier molecular flexibility index (Phi) is 6.03.